The number of hydrogen-bond acceptors (Lipinski definition) is 3. The van der Waals surface area contributed by atoms with Crippen molar-refractivity contribution >= 4 is 49.4 Å². The van der Waals surface area contributed by atoms with Crippen LogP contribution >= 0.6 is 31.9 Å². The summed E-state index contributed by atoms with van der Waals surface area (Å²) in [5.74, 6) is 0.915. The smallest absolute Gasteiger partial charge is 0.251 e. The second kappa shape index (κ2) is 6.65. The summed E-state index contributed by atoms with van der Waals surface area (Å²) >= 11 is 6.85. The molecule has 0 spiro atoms. The van der Waals surface area contributed by atoms with Crippen molar-refractivity contribution in [3.63, 3.8) is 0 Å². The minimum Gasteiger partial charge on any atom is -0.291 e. The fourth-order valence-electron chi connectivity index (χ4n) is 3.78. The second-order valence-electron chi connectivity index (χ2n) is 6.78. The zero-order chi connectivity index (χ0) is 16.7. The van der Waals surface area contributed by atoms with Gasteiger partial charge < -0.3 is 0 Å². The van der Waals surface area contributed by atoms with E-state index in [1.54, 1.807) is 6.07 Å². The zero-order valence-corrected chi connectivity index (χ0v) is 16.4. The van der Waals surface area contributed by atoms with Gasteiger partial charge in [0.05, 0.1) is 18.2 Å². The third-order valence-corrected chi connectivity index (χ3v) is 5.74. The average molecular weight is 444 g/mol. The maximum atomic E-state index is 12.9. The number of carbonyl (C=O) groups excluding carboxylic acids is 2. The zero-order valence-electron chi connectivity index (χ0n) is 13.3. The normalized spacial score (nSPS) is 29.4. The van der Waals surface area contributed by atoms with E-state index >= 15 is 0 Å². The first-order valence-electron chi connectivity index (χ1n) is 7.92. The van der Waals surface area contributed by atoms with Crippen LogP contribution in [0.3, 0.4) is 0 Å². The van der Waals surface area contributed by atoms with Crippen LogP contribution in [0.15, 0.2) is 27.1 Å². The lowest BCUT2D eigenvalue weighted by atomic mass is 9.90. The average Bonchev–Trinajstić information content (AvgIpc) is 2.74. The number of nitrogens with zero attached hydrogens (tertiary/aromatic N) is 2. The van der Waals surface area contributed by atoms with E-state index in [0.717, 1.165) is 22.0 Å². The Balaban J connectivity index is 1.85. The molecule has 1 aromatic carbocycles. The SMILES string of the molecule is C[C@@H]1C[C@H](C)CN([C@@H]2CC(=O)N(c3ccc(Br)cc3Br)C2=O)C1. The summed E-state index contributed by atoms with van der Waals surface area (Å²) in [7, 11) is 0. The summed E-state index contributed by atoms with van der Waals surface area (Å²) in [6.45, 7) is 6.22. The van der Waals surface area contributed by atoms with E-state index in [1.807, 2.05) is 12.1 Å². The largest absolute Gasteiger partial charge is 0.291 e. The number of benzene rings is 1. The highest BCUT2D eigenvalue weighted by atomic mass is 79.9. The summed E-state index contributed by atoms with van der Waals surface area (Å²) in [5.41, 5.74) is 0.629. The molecule has 2 fully saturated rings. The molecule has 0 aliphatic carbocycles. The quantitative estimate of drug-likeness (QED) is 0.652. The second-order valence-corrected chi connectivity index (χ2v) is 8.55. The van der Waals surface area contributed by atoms with Gasteiger partial charge in [-0.05, 0) is 52.4 Å². The predicted molar refractivity (Wildman–Crippen MR) is 97.3 cm³/mol. The molecule has 1 aromatic rings. The molecule has 0 unspecified atom stereocenters. The predicted octanol–water partition coefficient (Wildman–Crippen LogP) is 3.82. The highest BCUT2D eigenvalue weighted by Gasteiger charge is 2.44. The van der Waals surface area contributed by atoms with Gasteiger partial charge in [0.2, 0.25) is 5.91 Å². The van der Waals surface area contributed by atoms with E-state index in [4.69, 9.17) is 0 Å². The summed E-state index contributed by atoms with van der Waals surface area (Å²) in [6, 6.07) is 5.18. The number of carbonyl (C=O) groups is 2. The lowest BCUT2D eigenvalue weighted by molar-refractivity contribution is -0.123. The van der Waals surface area contributed by atoms with Crippen LogP contribution in [0.1, 0.15) is 26.7 Å². The summed E-state index contributed by atoms with van der Waals surface area (Å²) in [5, 5.41) is 0. The molecule has 4 nitrogen and oxygen atoms in total. The van der Waals surface area contributed by atoms with Crippen molar-refractivity contribution in [2.24, 2.45) is 11.8 Å². The van der Waals surface area contributed by atoms with Gasteiger partial charge >= 0.3 is 0 Å². The van der Waals surface area contributed by atoms with Gasteiger partial charge in [-0.1, -0.05) is 29.8 Å². The van der Waals surface area contributed by atoms with Crippen molar-refractivity contribution in [1.82, 2.24) is 4.90 Å². The molecule has 124 valence electrons. The minimum atomic E-state index is -0.316. The Kier molecular flexibility index (Phi) is 4.95. The molecule has 2 aliphatic rings. The first-order valence-corrected chi connectivity index (χ1v) is 9.51. The van der Waals surface area contributed by atoms with Gasteiger partial charge in [0.1, 0.15) is 0 Å². The molecular weight excluding hydrogens is 424 g/mol. The molecule has 2 amide bonds. The van der Waals surface area contributed by atoms with Gasteiger partial charge in [-0.25, -0.2) is 4.90 Å². The Hall–Kier alpha value is -0.720. The van der Waals surface area contributed by atoms with Crippen LogP contribution in [0, 0.1) is 11.8 Å². The topological polar surface area (TPSA) is 40.6 Å². The molecule has 0 bridgehead atoms. The van der Waals surface area contributed by atoms with Gasteiger partial charge in [-0.15, -0.1) is 0 Å². The molecule has 2 heterocycles. The van der Waals surface area contributed by atoms with Crippen LogP contribution in [-0.2, 0) is 9.59 Å². The number of anilines is 1. The maximum Gasteiger partial charge on any atom is 0.251 e. The Morgan fingerprint density at radius 2 is 1.74 bits per heavy atom. The van der Waals surface area contributed by atoms with Crippen LogP contribution in [0.5, 0.6) is 0 Å². The molecule has 0 N–H and O–H groups in total. The molecule has 3 atom stereocenters. The highest BCUT2D eigenvalue weighted by molar-refractivity contribution is 9.11. The van der Waals surface area contributed by atoms with Crippen LogP contribution in [0.25, 0.3) is 0 Å². The van der Waals surface area contributed by atoms with Gasteiger partial charge in [0.25, 0.3) is 5.91 Å². The first-order chi connectivity index (χ1) is 10.9. The molecule has 2 saturated heterocycles. The summed E-state index contributed by atoms with van der Waals surface area (Å²) in [6.07, 6.45) is 1.47. The monoisotopic (exact) mass is 442 g/mol. The maximum absolute atomic E-state index is 12.9. The Labute approximate surface area is 153 Å². The molecule has 6 heteroatoms. The molecular formula is C17H20Br2N2O2. The number of imide groups is 1. The molecule has 0 saturated carbocycles. The van der Waals surface area contributed by atoms with E-state index in [2.05, 4.69) is 50.6 Å². The lowest BCUT2D eigenvalue weighted by Gasteiger charge is -2.37. The Bertz CT molecular complexity index is 639. The Morgan fingerprint density at radius 1 is 1.09 bits per heavy atom. The van der Waals surface area contributed by atoms with Crippen molar-refractivity contribution in [3.05, 3.63) is 27.1 Å². The summed E-state index contributed by atoms with van der Waals surface area (Å²) < 4.78 is 1.65. The third-order valence-electron chi connectivity index (χ3n) is 4.61. The van der Waals surface area contributed by atoms with E-state index < -0.39 is 0 Å². The van der Waals surface area contributed by atoms with Crippen molar-refractivity contribution < 1.29 is 9.59 Å². The molecule has 2 aliphatic heterocycles. The van der Waals surface area contributed by atoms with Gasteiger partial charge in [0.15, 0.2) is 0 Å². The van der Waals surface area contributed by atoms with Crippen LogP contribution in [-0.4, -0.2) is 35.8 Å². The number of piperidine rings is 1. The van der Waals surface area contributed by atoms with E-state index in [-0.39, 0.29) is 24.3 Å². The van der Waals surface area contributed by atoms with Crippen molar-refractivity contribution in [1.29, 1.82) is 0 Å². The Morgan fingerprint density at radius 3 is 2.35 bits per heavy atom. The van der Waals surface area contributed by atoms with E-state index in [1.165, 1.54) is 11.3 Å². The van der Waals surface area contributed by atoms with E-state index in [9.17, 15) is 9.59 Å². The summed E-state index contributed by atoms with van der Waals surface area (Å²) in [4.78, 5) is 28.9. The molecule has 0 radical (unpaired) electrons. The standard InChI is InChI=1S/C17H20Br2N2O2/c1-10-5-11(2)9-20(8-10)15-7-16(22)21(17(15)23)14-4-3-12(18)6-13(14)19/h3-4,6,10-11,15H,5,7-9H2,1-2H3/t10-,11+,15-/m1/s1. The molecule has 3 rings (SSSR count). The highest BCUT2D eigenvalue weighted by Crippen LogP contribution is 2.35. The third kappa shape index (κ3) is 3.39. The van der Waals surface area contributed by atoms with Crippen LogP contribution < -0.4 is 4.90 Å². The van der Waals surface area contributed by atoms with Crippen molar-refractivity contribution in [2.75, 3.05) is 18.0 Å². The van der Waals surface area contributed by atoms with Crippen molar-refractivity contribution in [3.8, 4) is 0 Å². The fraction of sp³-hybridized carbons (Fsp3) is 0.529. The van der Waals surface area contributed by atoms with Crippen LogP contribution in [0.2, 0.25) is 0 Å². The van der Waals surface area contributed by atoms with Crippen molar-refractivity contribution in [2.45, 2.75) is 32.7 Å². The number of rotatable bonds is 2. The number of likely N-dealkylation sites (tertiary alicyclic amines) is 1. The molecule has 23 heavy (non-hydrogen) atoms. The van der Waals surface area contributed by atoms with Gasteiger partial charge in [-0.3, -0.25) is 14.5 Å². The first kappa shape index (κ1) is 17.1. The minimum absolute atomic E-state index is 0.0978. The van der Waals surface area contributed by atoms with E-state index in [0.29, 0.717) is 17.5 Å². The fourth-order valence-corrected chi connectivity index (χ4v) is 5.01. The number of hydrogen-bond donors (Lipinski definition) is 0. The number of amides is 2. The molecule has 0 aromatic heterocycles. The lowest BCUT2D eigenvalue weighted by Crippen LogP contribution is -2.48. The number of halogens is 2. The van der Waals surface area contributed by atoms with Gasteiger partial charge in [0, 0.05) is 22.0 Å². The van der Waals surface area contributed by atoms with Gasteiger partial charge in [-0.2, -0.15) is 0 Å². The van der Waals surface area contributed by atoms with Crippen LogP contribution in [0.4, 0.5) is 5.69 Å².